The molecule has 1 N–H and O–H groups in total. The molecule has 0 amide bonds. The molecular formula is C15H23N3O2. The first-order valence-corrected chi connectivity index (χ1v) is 7.33. The second-order valence-electron chi connectivity index (χ2n) is 5.75. The summed E-state index contributed by atoms with van der Waals surface area (Å²) in [5, 5.41) is 8.66. The van der Waals surface area contributed by atoms with Crippen LogP contribution in [0.1, 0.15) is 50.4 Å². The monoisotopic (exact) mass is 277 g/mol. The molecule has 0 unspecified atom stereocenters. The lowest BCUT2D eigenvalue weighted by molar-refractivity contribution is -0.136. The van der Waals surface area contributed by atoms with Crippen molar-refractivity contribution in [3.8, 4) is 0 Å². The van der Waals surface area contributed by atoms with Gasteiger partial charge >= 0.3 is 5.97 Å². The number of nitrogens with zero attached hydrogens (tertiary/aromatic N) is 3. The average molecular weight is 277 g/mol. The molecule has 1 aromatic heterocycles. The van der Waals surface area contributed by atoms with Gasteiger partial charge in [-0.1, -0.05) is 0 Å². The number of carbonyl (C=O) groups is 1. The zero-order chi connectivity index (χ0) is 14.5. The Hall–Kier alpha value is -1.49. The summed E-state index contributed by atoms with van der Waals surface area (Å²) in [6, 6.07) is 0.570. The highest BCUT2D eigenvalue weighted by atomic mass is 16.4. The molecule has 1 aliphatic heterocycles. The number of rotatable bonds is 5. The highest BCUT2D eigenvalue weighted by Crippen LogP contribution is 2.26. The van der Waals surface area contributed by atoms with Crippen molar-refractivity contribution in [1.82, 2.24) is 14.9 Å². The van der Waals surface area contributed by atoms with Gasteiger partial charge in [-0.15, -0.1) is 0 Å². The molecule has 1 fully saturated rings. The molecule has 5 nitrogen and oxygen atoms in total. The molecule has 0 aromatic carbocycles. The van der Waals surface area contributed by atoms with Gasteiger partial charge in [0.2, 0.25) is 0 Å². The maximum atomic E-state index is 10.5. The van der Waals surface area contributed by atoms with Gasteiger partial charge in [0, 0.05) is 37.3 Å². The van der Waals surface area contributed by atoms with Gasteiger partial charge < -0.3 is 10.0 Å². The van der Waals surface area contributed by atoms with Crippen molar-refractivity contribution < 1.29 is 9.90 Å². The summed E-state index contributed by atoms with van der Waals surface area (Å²) in [6.07, 6.45) is 6.47. The summed E-state index contributed by atoms with van der Waals surface area (Å²) in [6.45, 7) is 6.66. The first kappa shape index (κ1) is 14.9. The van der Waals surface area contributed by atoms with Crippen LogP contribution >= 0.6 is 0 Å². The molecule has 20 heavy (non-hydrogen) atoms. The van der Waals surface area contributed by atoms with Crippen LogP contribution in [0, 0.1) is 0 Å². The molecule has 0 saturated carbocycles. The smallest absolute Gasteiger partial charge is 0.303 e. The van der Waals surface area contributed by atoms with Crippen LogP contribution in [0.3, 0.4) is 0 Å². The number of carboxylic acid groups (broad SMARTS) is 1. The van der Waals surface area contributed by atoms with Gasteiger partial charge in [0.05, 0.1) is 17.8 Å². The SMILES string of the molecule is CC(C)N1CCC[C@H](c2cnc(CCC(=O)O)cn2)C1. The van der Waals surface area contributed by atoms with Crippen LogP contribution in [0.4, 0.5) is 0 Å². The first-order chi connectivity index (χ1) is 9.56. The second kappa shape index (κ2) is 6.79. The molecule has 5 heteroatoms. The molecule has 2 rings (SSSR count). The number of aliphatic carboxylic acids is 1. The predicted molar refractivity (Wildman–Crippen MR) is 76.7 cm³/mol. The number of carboxylic acids is 1. The Kier molecular flexibility index (Phi) is 5.06. The minimum Gasteiger partial charge on any atom is -0.481 e. The van der Waals surface area contributed by atoms with E-state index < -0.39 is 5.97 Å². The van der Waals surface area contributed by atoms with Crippen LogP contribution in [0.25, 0.3) is 0 Å². The van der Waals surface area contributed by atoms with Crippen LogP contribution in [0.2, 0.25) is 0 Å². The Morgan fingerprint density at radius 3 is 2.85 bits per heavy atom. The Labute approximate surface area is 120 Å². The predicted octanol–water partition coefficient (Wildman–Crippen LogP) is 2.08. The van der Waals surface area contributed by atoms with Gasteiger partial charge in [-0.05, 0) is 33.2 Å². The lowest BCUT2D eigenvalue weighted by Gasteiger charge is -2.35. The summed E-state index contributed by atoms with van der Waals surface area (Å²) in [5.74, 6) is -0.345. The van der Waals surface area contributed by atoms with Gasteiger partial charge in [0.1, 0.15) is 0 Å². The molecule has 1 saturated heterocycles. The summed E-state index contributed by atoms with van der Waals surface area (Å²) in [5.41, 5.74) is 1.79. The van der Waals surface area contributed by atoms with Crippen LogP contribution < -0.4 is 0 Å². The zero-order valence-electron chi connectivity index (χ0n) is 12.2. The van der Waals surface area contributed by atoms with E-state index in [4.69, 9.17) is 5.11 Å². The Balaban J connectivity index is 1.97. The van der Waals surface area contributed by atoms with Crippen molar-refractivity contribution >= 4 is 5.97 Å². The standard InChI is InChI=1S/C15H23N3O2/c1-11(2)18-7-3-4-12(10-18)14-9-16-13(8-17-14)5-6-15(19)20/h8-9,11-12H,3-7,10H2,1-2H3,(H,19,20)/t12-/m0/s1. The lowest BCUT2D eigenvalue weighted by Crippen LogP contribution is -2.39. The van der Waals surface area contributed by atoms with Gasteiger partial charge in [-0.3, -0.25) is 14.8 Å². The van der Waals surface area contributed by atoms with Crippen molar-refractivity contribution in [2.24, 2.45) is 0 Å². The number of piperidine rings is 1. The third-order valence-corrected chi connectivity index (χ3v) is 3.92. The van der Waals surface area contributed by atoms with Crippen molar-refractivity contribution in [2.45, 2.75) is 51.5 Å². The van der Waals surface area contributed by atoms with E-state index in [0.29, 0.717) is 18.4 Å². The maximum Gasteiger partial charge on any atom is 0.303 e. The number of likely N-dealkylation sites (tertiary alicyclic amines) is 1. The normalized spacial score (nSPS) is 20.2. The van der Waals surface area contributed by atoms with E-state index in [1.807, 2.05) is 6.20 Å². The van der Waals surface area contributed by atoms with Crippen molar-refractivity contribution in [1.29, 1.82) is 0 Å². The molecule has 0 radical (unpaired) electrons. The molecule has 0 bridgehead atoms. The van der Waals surface area contributed by atoms with Crippen molar-refractivity contribution in [3.63, 3.8) is 0 Å². The highest BCUT2D eigenvalue weighted by molar-refractivity contribution is 5.66. The Morgan fingerprint density at radius 2 is 2.25 bits per heavy atom. The van der Waals surface area contributed by atoms with Gasteiger partial charge in [-0.2, -0.15) is 0 Å². The lowest BCUT2D eigenvalue weighted by atomic mass is 9.94. The van der Waals surface area contributed by atoms with Crippen molar-refractivity contribution in [2.75, 3.05) is 13.1 Å². The molecular weight excluding hydrogens is 254 g/mol. The highest BCUT2D eigenvalue weighted by Gasteiger charge is 2.23. The van der Waals surface area contributed by atoms with Crippen molar-refractivity contribution in [3.05, 3.63) is 23.8 Å². The number of aromatic nitrogens is 2. The minimum absolute atomic E-state index is 0.110. The van der Waals surface area contributed by atoms with E-state index in [9.17, 15) is 4.79 Å². The van der Waals surface area contributed by atoms with E-state index in [-0.39, 0.29) is 6.42 Å². The largest absolute Gasteiger partial charge is 0.481 e. The number of aryl methyl sites for hydroxylation is 1. The quantitative estimate of drug-likeness (QED) is 0.892. The molecule has 1 atom stereocenters. The van der Waals surface area contributed by atoms with Gasteiger partial charge in [-0.25, -0.2) is 0 Å². The Bertz CT molecular complexity index is 445. The minimum atomic E-state index is -0.796. The second-order valence-corrected chi connectivity index (χ2v) is 5.75. The van der Waals surface area contributed by atoms with Crippen LogP contribution in [-0.4, -0.2) is 45.1 Å². The van der Waals surface area contributed by atoms with E-state index >= 15 is 0 Å². The third-order valence-electron chi connectivity index (χ3n) is 3.92. The summed E-state index contributed by atoms with van der Waals surface area (Å²) < 4.78 is 0. The van der Waals surface area contributed by atoms with E-state index in [0.717, 1.165) is 30.9 Å². The number of hydrogen-bond donors (Lipinski definition) is 1. The number of hydrogen-bond acceptors (Lipinski definition) is 4. The van der Waals surface area contributed by atoms with E-state index in [2.05, 4.69) is 28.7 Å². The average Bonchev–Trinajstić information content (AvgIpc) is 2.46. The fourth-order valence-corrected chi connectivity index (χ4v) is 2.66. The Morgan fingerprint density at radius 1 is 1.45 bits per heavy atom. The topological polar surface area (TPSA) is 66.3 Å². The molecule has 1 aromatic rings. The zero-order valence-corrected chi connectivity index (χ0v) is 12.2. The molecule has 2 heterocycles. The summed E-state index contributed by atoms with van der Waals surface area (Å²) >= 11 is 0. The molecule has 110 valence electrons. The molecule has 1 aliphatic rings. The maximum absolute atomic E-state index is 10.5. The fourth-order valence-electron chi connectivity index (χ4n) is 2.66. The molecule has 0 spiro atoms. The van der Waals surface area contributed by atoms with E-state index in [1.54, 1.807) is 6.20 Å². The summed E-state index contributed by atoms with van der Waals surface area (Å²) in [4.78, 5) is 21.9. The fraction of sp³-hybridized carbons (Fsp3) is 0.667. The van der Waals surface area contributed by atoms with Crippen LogP contribution in [-0.2, 0) is 11.2 Å². The van der Waals surface area contributed by atoms with E-state index in [1.165, 1.54) is 6.42 Å². The third kappa shape index (κ3) is 4.00. The van der Waals surface area contributed by atoms with Crippen LogP contribution in [0.5, 0.6) is 0 Å². The van der Waals surface area contributed by atoms with Crippen LogP contribution in [0.15, 0.2) is 12.4 Å². The summed E-state index contributed by atoms with van der Waals surface area (Å²) in [7, 11) is 0. The first-order valence-electron chi connectivity index (χ1n) is 7.33. The van der Waals surface area contributed by atoms with Gasteiger partial charge in [0.25, 0.3) is 0 Å². The van der Waals surface area contributed by atoms with Gasteiger partial charge in [0.15, 0.2) is 0 Å². The molecule has 0 aliphatic carbocycles.